The van der Waals surface area contributed by atoms with Gasteiger partial charge in [0.15, 0.2) is 0 Å². The quantitative estimate of drug-likeness (QED) is 0.822. The summed E-state index contributed by atoms with van der Waals surface area (Å²) in [5.74, 6) is 0.0433. The lowest BCUT2D eigenvalue weighted by Crippen LogP contribution is -2.54. The van der Waals surface area contributed by atoms with Gasteiger partial charge in [-0.25, -0.2) is 0 Å². The Kier molecular flexibility index (Phi) is 6.96. The fourth-order valence-electron chi connectivity index (χ4n) is 3.09. The highest BCUT2D eigenvalue weighted by Gasteiger charge is 2.26. The molecule has 0 bridgehead atoms. The number of hydrogen-bond donors (Lipinski definition) is 2. The molecule has 0 saturated carbocycles. The van der Waals surface area contributed by atoms with Crippen LogP contribution in [0.2, 0.25) is 0 Å². The van der Waals surface area contributed by atoms with Gasteiger partial charge in [-0.3, -0.25) is 19.4 Å². The second-order valence-corrected chi connectivity index (χ2v) is 6.99. The molecule has 1 aromatic rings. The number of para-hydroxylation sites is 1. The van der Waals surface area contributed by atoms with Crippen LogP contribution in [0.3, 0.4) is 0 Å². The number of piperazine rings is 1. The Balaban J connectivity index is 1.89. The molecule has 6 nitrogen and oxygen atoms in total. The van der Waals surface area contributed by atoms with E-state index in [9.17, 15) is 9.59 Å². The highest BCUT2D eigenvalue weighted by Crippen LogP contribution is 2.18. The minimum Gasteiger partial charge on any atom is -0.353 e. The van der Waals surface area contributed by atoms with E-state index in [1.807, 2.05) is 39.0 Å². The molecule has 1 atom stereocenters. The lowest BCUT2D eigenvalue weighted by molar-refractivity contribution is -0.127. The van der Waals surface area contributed by atoms with Crippen LogP contribution in [-0.4, -0.2) is 59.9 Å². The smallest absolute Gasteiger partial charge is 0.237 e. The molecule has 6 heteroatoms. The largest absolute Gasteiger partial charge is 0.353 e. The third kappa shape index (κ3) is 5.83. The molecule has 2 rings (SSSR count). The minimum atomic E-state index is -0.101. The number of carbonyl (C=O) groups excluding carboxylic acids is 2. The first-order valence-corrected chi connectivity index (χ1v) is 8.99. The van der Waals surface area contributed by atoms with Crippen molar-refractivity contribution in [3.8, 4) is 0 Å². The van der Waals surface area contributed by atoms with Crippen molar-refractivity contribution in [2.45, 2.75) is 46.3 Å². The Bertz CT molecular complexity index is 595. The first-order valence-electron chi connectivity index (χ1n) is 8.99. The van der Waals surface area contributed by atoms with E-state index in [0.29, 0.717) is 0 Å². The van der Waals surface area contributed by atoms with Gasteiger partial charge in [0.1, 0.15) is 0 Å². The highest BCUT2D eigenvalue weighted by atomic mass is 16.2. The summed E-state index contributed by atoms with van der Waals surface area (Å²) in [5, 5.41) is 5.88. The van der Waals surface area contributed by atoms with Gasteiger partial charge in [-0.2, -0.15) is 0 Å². The molecule has 0 spiro atoms. The van der Waals surface area contributed by atoms with Crippen LogP contribution in [0.5, 0.6) is 0 Å². The van der Waals surface area contributed by atoms with E-state index in [-0.39, 0.29) is 23.9 Å². The maximum absolute atomic E-state index is 12.2. The summed E-state index contributed by atoms with van der Waals surface area (Å²) >= 11 is 0. The molecule has 1 aliphatic heterocycles. The van der Waals surface area contributed by atoms with E-state index in [0.717, 1.165) is 44.0 Å². The molecule has 1 aliphatic rings. The van der Waals surface area contributed by atoms with Gasteiger partial charge in [-0.05, 0) is 32.4 Å². The van der Waals surface area contributed by atoms with Crippen molar-refractivity contribution in [2.24, 2.45) is 0 Å². The van der Waals surface area contributed by atoms with Crippen LogP contribution in [0.4, 0.5) is 5.69 Å². The number of hydrogen-bond acceptors (Lipinski definition) is 4. The average molecular weight is 346 g/mol. The number of nitrogens with zero attached hydrogens (tertiary/aromatic N) is 2. The summed E-state index contributed by atoms with van der Waals surface area (Å²) in [5.41, 5.74) is 2.00. The molecule has 1 saturated heterocycles. The third-order valence-electron chi connectivity index (χ3n) is 4.49. The third-order valence-corrected chi connectivity index (χ3v) is 4.49. The van der Waals surface area contributed by atoms with E-state index in [1.54, 1.807) is 0 Å². The molecule has 1 fully saturated rings. The Morgan fingerprint density at radius 1 is 1.08 bits per heavy atom. The minimum absolute atomic E-state index is 0.0535. The lowest BCUT2D eigenvalue weighted by Gasteiger charge is -2.37. The predicted octanol–water partition coefficient (Wildman–Crippen LogP) is 1.68. The predicted molar refractivity (Wildman–Crippen MR) is 100 cm³/mol. The van der Waals surface area contributed by atoms with Crippen LogP contribution < -0.4 is 10.6 Å². The number of rotatable bonds is 6. The van der Waals surface area contributed by atoms with Gasteiger partial charge in [-0.15, -0.1) is 0 Å². The van der Waals surface area contributed by atoms with Gasteiger partial charge in [0, 0.05) is 51.4 Å². The molecule has 1 aromatic carbocycles. The van der Waals surface area contributed by atoms with E-state index in [1.165, 1.54) is 6.92 Å². The molecule has 0 aliphatic carbocycles. The van der Waals surface area contributed by atoms with E-state index >= 15 is 0 Å². The standard InChI is InChI=1S/C19H30N4O2/c1-14(2)20-19(25)15(3)23-11-9-22(10-12-23)13-17-7-5-6-8-18(17)21-16(4)24/h5-8,14-15H,9-13H2,1-4H3,(H,20,25)(H,21,24). The average Bonchev–Trinajstić information content (AvgIpc) is 2.55. The highest BCUT2D eigenvalue weighted by molar-refractivity contribution is 5.89. The number of amides is 2. The number of anilines is 1. The van der Waals surface area contributed by atoms with Crippen molar-refractivity contribution in [3.05, 3.63) is 29.8 Å². The summed E-state index contributed by atoms with van der Waals surface area (Å²) in [7, 11) is 0. The molecule has 138 valence electrons. The Morgan fingerprint density at radius 2 is 1.72 bits per heavy atom. The summed E-state index contributed by atoms with van der Waals surface area (Å²) in [4.78, 5) is 28.1. The number of benzene rings is 1. The topological polar surface area (TPSA) is 64.7 Å². The SMILES string of the molecule is CC(=O)Nc1ccccc1CN1CCN(C(C)C(=O)NC(C)C)CC1. The fraction of sp³-hybridized carbons (Fsp3) is 0.579. The van der Waals surface area contributed by atoms with Crippen LogP contribution in [-0.2, 0) is 16.1 Å². The molecule has 1 unspecified atom stereocenters. The Morgan fingerprint density at radius 3 is 2.32 bits per heavy atom. The molecular formula is C19H30N4O2. The number of carbonyl (C=O) groups is 2. The van der Waals surface area contributed by atoms with Crippen molar-refractivity contribution in [1.82, 2.24) is 15.1 Å². The molecule has 0 radical (unpaired) electrons. The Hall–Kier alpha value is -1.92. The van der Waals surface area contributed by atoms with Crippen LogP contribution in [0.25, 0.3) is 0 Å². The van der Waals surface area contributed by atoms with Gasteiger partial charge >= 0.3 is 0 Å². The zero-order valence-electron chi connectivity index (χ0n) is 15.7. The second kappa shape index (κ2) is 8.97. The van der Waals surface area contributed by atoms with Gasteiger partial charge in [0.05, 0.1) is 6.04 Å². The maximum Gasteiger partial charge on any atom is 0.237 e. The summed E-state index contributed by atoms with van der Waals surface area (Å²) in [6.07, 6.45) is 0. The zero-order chi connectivity index (χ0) is 18.4. The van der Waals surface area contributed by atoms with Crippen molar-refractivity contribution < 1.29 is 9.59 Å². The van der Waals surface area contributed by atoms with Crippen molar-refractivity contribution in [1.29, 1.82) is 0 Å². The molecule has 25 heavy (non-hydrogen) atoms. The monoisotopic (exact) mass is 346 g/mol. The van der Waals surface area contributed by atoms with Crippen LogP contribution >= 0.6 is 0 Å². The van der Waals surface area contributed by atoms with Gasteiger partial charge in [0.2, 0.25) is 11.8 Å². The van der Waals surface area contributed by atoms with Crippen LogP contribution in [0.15, 0.2) is 24.3 Å². The van der Waals surface area contributed by atoms with E-state index in [4.69, 9.17) is 0 Å². The van der Waals surface area contributed by atoms with E-state index < -0.39 is 0 Å². The molecule has 0 aromatic heterocycles. The maximum atomic E-state index is 12.2. The van der Waals surface area contributed by atoms with Crippen molar-refractivity contribution in [2.75, 3.05) is 31.5 Å². The molecule has 2 N–H and O–H groups in total. The summed E-state index contributed by atoms with van der Waals surface area (Å²) in [6, 6.07) is 7.98. The zero-order valence-corrected chi connectivity index (χ0v) is 15.7. The van der Waals surface area contributed by atoms with Crippen molar-refractivity contribution in [3.63, 3.8) is 0 Å². The summed E-state index contributed by atoms with van der Waals surface area (Å²) < 4.78 is 0. The summed E-state index contributed by atoms with van der Waals surface area (Å²) in [6.45, 7) is 11.8. The Labute approximate surface area is 150 Å². The second-order valence-electron chi connectivity index (χ2n) is 6.99. The van der Waals surface area contributed by atoms with E-state index in [2.05, 4.69) is 26.5 Å². The first kappa shape index (κ1) is 19.4. The molecule has 1 heterocycles. The lowest BCUT2D eigenvalue weighted by atomic mass is 10.1. The molecule has 2 amide bonds. The number of nitrogens with one attached hydrogen (secondary N) is 2. The van der Waals surface area contributed by atoms with Crippen LogP contribution in [0.1, 0.15) is 33.3 Å². The van der Waals surface area contributed by atoms with Crippen LogP contribution in [0, 0.1) is 0 Å². The normalized spacial score (nSPS) is 17.3. The van der Waals surface area contributed by atoms with Gasteiger partial charge in [-0.1, -0.05) is 18.2 Å². The first-order chi connectivity index (χ1) is 11.9. The fourth-order valence-corrected chi connectivity index (χ4v) is 3.09. The van der Waals surface area contributed by atoms with Gasteiger partial charge < -0.3 is 10.6 Å². The molecular weight excluding hydrogens is 316 g/mol. The van der Waals surface area contributed by atoms with Gasteiger partial charge in [0.25, 0.3) is 0 Å². The van der Waals surface area contributed by atoms with Crippen molar-refractivity contribution >= 4 is 17.5 Å².